The molecule has 8 nitrogen and oxygen atoms in total. The number of ether oxygens (including phenoxy) is 4. The summed E-state index contributed by atoms with van der Waals surface area (Å²) in [5.41, 5.74) is 0.837. The zero-order valence-electron chi connectivity index (χ0n) is 17.7. The van der Waals surface area contributed by atoms with Gasteiger partial charge < -0.3 is 34.2 Å². The molecule has 1 unspecified atom stereocenters. The van der Waals surface area contributed by atoms with Crippen LogP contribution in [-0.2, 0) is 4.79 Å². The predicted molar refractivity (Wildman–Crippen MR) is 108 cm³/mol. The lowest BCUT2D eigenvalue weighted by Gasteiger charge is -2.21. The number of rotatable bonds is 10. The molecule has 0 saturated carbocycles. The zero-order valence-corrected chi connectivity index (χ0v) is 17.7. The van der Waals surface area contributed by atoms with Crippen LogP contribution in [0.4, 0.5) is 0 Å². The quantitative estimate of drug-likeness (QED) is 0.632. The molecule has 2 aromatic rings. The second-order valence-corrected chi connectivity index (χ2v) is 6.75. The molecule has 162 valence electrons. The topological polar surface area (TPSA) is 106 Å². The Morgan fingerprint density at radius 3 is 1.97 bits per heavy atom. The summed E-state index contributed by atoms with van der Waals surface area (Å²) in [5.74, 6) is -0.154. The van der Waals surface area contributed by atoms with E-state index in [1.54, 1.807) is 24.3 Å². The number of hydrogen-bond acceptors (Lipinski definition) is 7. The van der Waals surface area contributed by atoms with E-state index in [0.717, 1.165) is 0 Å². The first-order valence-electron chi connectivity index (χ1n) is 9.36. The summed E-state index contributed by atoms with van der Waals surface area (Å²) in [7, 11) is 4.35. The van der Waals surface area contributed by atoms with Crippen molar-refractivity contribution in [3.05, 3.63) is 47.5 Å². The highest BCUT2D eigenvalue weighted by Gasteiger charge is 2.20. The van der Waals surface area contributed by atoms with Gasteiger partial charge in [0.25, 0.3) is 5.91 Å². The van der Waals surface area contributed by atoms with Gasteiger partial charge in [0.2, 0.25) is 5.75 Å². The maximum absolute atomic E-state index is 12.9. The first-order valence-corrected chi connectivity index (χ1v) is 9.36. The number of carboxylic acid groups (broad SMARTS) is 1. The molecule has 0 aliphatic carbocycles. The van der Waals surface area contributed by atoms with E-state index in [9.17, 15) is 14.7 Å². The van der Waals surface area contributed by atoms with Crippen LogP contribution in [0.25, 0.3) is 0 Å². The Labute approximate surface area is 175 Å². The molecule has 0 radical (unpaired) electrons. The standard InChI is InChI=1S/C22H27NO7/c1-13(2)30-16-8-6-14(7-9-16)17(12-20(24)25)23-22(26)15-10-18(27-3)21(29-5)19(11-15)28-4/h6-11,13,17H,12H2,1-5H3,(H,23,26)(H,24,25)/p-1. The molecule has 2 rings (SSSR count). The van der Waals surface area contributed by atoms with Crippen molar-refractivity contribution in [2.24, 2.45) is 0 Å². The van der Waals surface area contributed by atoms with Crippen LogP contribution in [0.3, 0.4) is 0 Å². The first-order chi connectivity index (χ1) is 14.3. The normalized spacial score (nSPS) is 11.5. The van der Waals surface area contributed by atoms with Gasteiger partial charge in [-0.05, 0) is 43.7 Å². The van der Waals surface area contributed by atoms with Crippen molar-refractivity contribution in [3.63, 3.8) is 0 Å². The Morgan fingerprint density at radius 2 is 1.53 bits per heavy atom. The minimum Gasteiger partial charge on any atom is -0.550 e. The summed E-state index contributed by atoms with van der Waals surface area (Å²) in [6.45, 7) is 3.81. The van der Waals surface area contributed by atoms with Gasteiger partial charge in [0.15, 0.2) is 11.5 Å². The van der Waals surface area contributed by atoms with E-state index in [0.29, 0.717) is 28.6 Å². The highest BCUT2D eigenvalue weighted by molar-refractivity contribution is 5.96. The van der Waals surface area contributed by atoms with Gasteiger partial charge in [-0.25, -0.2) is 0 Å². The molecule has 30 heavy (non-hydrogen) atoms. The smallest absolute Gasteiger partial charge is 0.252 e. The molecule has 2 aromatic carbocycles. The molecule has 0 aromatic heterocycles. The van der Waals surface area contributed by atoms with Gasteiger partial charge in [0.05, 0.1) is 33.5 Å². The summed E-state index contributed by atoms with van der Waals surface area (Å²) < 4.78 is 21.4. The van der Waals surface area contributed by atoms with E-state index >= 15 is 0 Å². The van der Waals surface area contributed by atoms with Gasteiger partial charge in [-0.2, -0.15) is 0 Å². The number of carbonyl (C=O) groups excluding carboxylic acids is 2. The fraction of sp³-hybridized carbons (Fsp3) is 0.364. The molecule has 0 aliphatic heterocycles. The number of carboxylic acids is 1. The lowest BCUT2D eigenvalue weighted by Crippen LogP contribution is -2.34. The van der Waals surface area contributed by atoms with Gasteiger partial charge in [0, 0.05) is 18.0 Å². The molecular formula is C22H26NO7-. The van der Waals surface area contributed by atoms with Crippen molar-refractivity contribution in [2.45, 2.75) is 32.4 Å². The van der Waals surface area contributed by atoms with E-state index in [2.05, 4.69) is 5.32 Å². The van der Waals surface area contributed by atoms with Gasteiger partial charge in [-0.1, -0.05) is 12.1 Å². The van der Waals surface area contributed by atoms with Gasteiger partial charge in [-0.3, -0.25) is 4.79 Å². The molecule has 0 bridgehead atoms. The average molecular weight is 416 g/mol. The van der Waals surface area contributed by atoms with Crippen LogP contribution in [0.15, 0.2) is 36.4 Å². The highest BCUT2D eigenvalue weighted by Crippen LogP contribution is 2.38. The third-order valence-corrected chi connectivity index (χ3v) is 4.26. The van der Waals surface area contributed by atoms with Crippen LogP contribution in [0.5, 0.6) is 23.0 Å². The Hall–Kier alpha value is -3.42. The third-order valence-electron chi connectivity index (χ3n) is 4.26. The largest absolute Gasteiger partial charge is 0.550 e. The van der Waals surface area contributed by atoms with Crippen molar-refractivity contribution in [1.82, 2.24) is 5.32 Å². The number of aliphatic carboxylic acids is 1. The highest BCUT2D eigenvalue weighted by atomic mass is 16.5. The molecule has 1 amide bonds. The van der Waals surface area contributed by atoms with Gasteiger partial charge in [-0.15, -0.1) is 0 Å². The van der Waals surface area contributed by atoms with Crippen molar-refractivity contribution < 1.29 is 33.6 Å². The molecule has 0 spiro atoms. The molecule has 1 atom stereocenters. The van der Waals surface area contributed by atoms with E-state index in [1.165, 1.54) is 33.5 Å². The molecule has 0 saturated heterocycles. The Kier molecular flexibility index (Phi) is 7.91. The summed E-state index contributed by atoms with van der Waals surface area (Å²) in [6.07, 6.45) is -0.379. The van der Waals surface area contributed by atoms with Crippen molar-refractivity contribution >= 4 is 11.9 Å². The first kappa shape index (κ1) is 22.9. The lowest BCUT2D eigenvalue weighted by atomic mass is 10.0. The minimum atomic E-state index is -1.28. The van der Waals surface area contributed by atoms with E-state index < -0.39 is 17.9 Å². The average Bonchev–Trinajstić information content (AvgIpc) is 2.71. The van der Waals surface area contributed by atoms with Gasteiger partial charge >= 0.3 is 0 Å². The summed E-state index contributed by atoms with van der Waals surface area (Å²) in [4.78, 5) is 24.1. The molecule has 1 N–H and O–H groups in total. The van der Waals surface area contributed by atoms with Crippen molar-refractivity contribution in [3.8, 4) is 23.0 Å². The summed E-state index contributed by atoms with van der Waals surface area (Å²) >= 11 is 0. The van der Waals surface area contributed by atoms with Crippen LogP contribution in [0.2, 0.25) is 0 Å². The van der Waals surface area contributed by atoms with Crippen LogP contribution in [0.1, 0.15) is 42.2 Å². The number of benzene rings is 2. The fourth-order valence-electron chi connectivity index (χ4n) is 2.92. The second-order valence-electron chi connectivity index (χ2n) is 6.75. The summed E-state index contributed by atoms with van der Waals surface area (Å²) in [6, 6.07) is 9.06. The fourth-order valence-corrected chi connectivity index (χ4v) is 2.92. The Balaban J connectivity index is 2.30. The molecule has 0 fully saturated rings. The maximum atomic E-state index is 12.9. The molecule has 8 heteroatoms. The van der Waals surface area contributed by atoms with Crippen molar-refractivity contribution in [1.29, 1.82) is 0 Å². The van der Waals surface area contributed by atoms with E-state index in [4.69, 9.17) is 18.9 Å². The van der Waals surface area contributed by atoms with E-state index in [-0.39, 0.29) is 18.1 Å². The molecule has 0 aliphatic rings. The van der Waals surface area contributed by atoms with E-state index in [1.807, 2.05) is 13.8 Å². The monoisotopic (exact) mass is 416 g/mol. The Bertz CT molecular complexity index is 853. The number of methoxy groups -OCH3 is 3. The minimum absolute atomic E-state index is 0.00889. The lowest BCUT2D eigenvalue weighted by molar-refractivity contribution is -0.306. The third kappa shape index (κ3) is 5.79. The maximum Gasteiger partial charge on any atom is 0.252 e. The number of carbonyl (C=O) groups is 2. The van der Waals surface area contributed by atoms with Crippen LogP contribution in [-0.4, -0.2) is 39.3 Å². The van der Waals surface area contributed by atoms with Crippen LogP contribution >= 0.6 is 0 Å². The van der Waals surface area contributed by atoms with Gasteiger partial charge in [0.1, 0.15) is 5.75 Å². The number of amides is 1. The van der Waals surface area contributed by atoms with Crippen molar-refractivity contribution in [2.75, 3.05) is 21.3 Å². The number of hydrogen-bond donors (Lipinski definition) is 1. The SMILES string of the molecule is COc1cc(C(=O)NC(CC(=O)[O-])c2ccc(OC(C)C)cc2)cc(OC)c1OC. The van der Waals surface area contributed by atoms with Crippen LogP contribution < -0.4 is 29.4 Å². The molecule has 0 heterocycles. The number of nitrogens with one attached hydrogen (secondary N) is 1. The second kappa shape index (κ2) is 10.4. The molecular weight excluding hydrogens is 390 g/mol. The zero-order chi connectivity index (χ0) is 22.3. The van der Waals surface area contributed by atoms with Crippen LogP contribution in [0, 0.1) is 0 Å². The Morgan fingerprint density at radius 1 is 0.967 bits per heavy atom. The summed E-state index contributed by atoms with van der Waals surface area (Å²) in [5, 5.41) is 14.0. The predicted octanol–water partition coefficient (Wildman–Crippen LogP) is 2.11.